The summed E-state index contributed by atoms with van der Waals surface area (Å²) in [7, 11) is -0.660. The van der Waals surface area contributed by atoms with Gasteiger partial charge in [0.2, 0.25) is 0 Å². The number of allylic oxidation sites excluding steroid dienone is 1. The minimum atomic E-state index is -2.03. The number of alkyl carbamates (subject to hydrolysis) is 1. The molecule has 5 heteroatoms. The molecule has 1 rings (SSSR count). The smallest absolute Gasteiger partial charge is 0.407 e. The van der Waals surface area contributed by atoms with E-state index in [0.29, 0.717) is 0 Å². The molecule has 1 amide bonds. The highest BCUT2D eigenvalue weighted by Crippen LogP contribution is 2.40. The van der Waals surface area contributed by atoms with Crippen LogP contribution in [0.25, 0.3) is 0 Å². The molecule has 2 atom stereocenters. The summed E-state index contributed by atoms with van der Waals surface area (Å²) >= 11 is 0. The van der Waals surface area contributed by atoms with E-state index in [0.717, 1.165) is 5.56 Å². The second-order valence-electron chi connectivity index (χ2n) is 7.40. The van der Waals surface area contributed by atoms with Gasteiger partial charge in [-0.15, -0.1) is 0 Å². The number of nitrogens with one attached hydrogen (secondary N) is 1. The third-order valence-corrected chi connectivity index (χ3v) is 9.01. The van der Waals surface area contributed by atoms with Crippen LogP contribution in [0.3, 0.4) is 0 Å². The van der Waals surface area contributed by atoms with Crippen LogP contribution in [0.1, 0.15) is 39.4 Å². The average Bonchev–Trinajstić information content (AvgIpc) is 2.52. The number of hydrogen-bond acceptors (Lipinski definition) is 3. The van der Waals surface area contributed by atoms with E-state index in [2.05, 4.69) is 39.2 Å². The largest absolute Gasteiger partial charge is 0.453 e. The molecular formula is C19H31NO3Si. The summed E-state index contributed by atoms with van der Waals surface area (Å²) in [6, 6.07) is 9.73. The molecule has 0 saturated heterocycles. The molecule has 0 radical (unpaired) electrons. The van der Waals surface area contributed by atoms with Crippen LogP contribution in [0, 0.1) is 0 Å². The Kier molecular flexibility index (Phi) is 7.23. The van der Waals surface area contributed by atoms with Crippen molar-refractivity contribution in [1.29, 1.82) is 0 Å². The number of benzene rings is 1. The lowest BCUT2D eigenvalue weighted by atomic mass is 10.0. The molecule has 1 N–H and O–H groups in total. The molecule has 134 valence electrons. The molecule has 0 aromatic heterocycles. The molecule has 0 saturated carbocycles. The first kappa shape index (κ1) is 20.5. The van der Waals surface area contributed by atoms with Gasteiger partial charge in [-0.3, -0.25) is 0 Å². The predicted molar refractivity (Wildman–Crippen MR) is 102 cm³/mol. The number of amides is 1. The Morgan fingerprint density at radius 3 is 2.25 bits per heavy atom. The second kappa shape index (κ2) is 8.49. The molecule has 1 aromatic rings. The lowest BCUT2D eigenvalue weighted by Crippen LogP contribution is -2.47. The van der Waals surface area contributed by atoms with Gasteiger partial charge in [0.1, 0.15) is 0 Å². The number of carbonyl (C=O) groups excluding carboxylic acids is 1. The van der Waals surface area contributed by atoms with Crippen molar-refractivity contribution >= 4 is 14.4 Å². The topological polar surface area (TPSA) is 47.6 Å². The van der Waals surface area contributed by atoms with E-state index in [1.807, 2.05) is 49.4 Å². The Balaban J connectivity index is 3.24. The van der Waals surface area contributed by atoms with E-state index in [4.69, 9.17) is 9.16 Å². The first-order valence-electron chi connectivity index (χ1n) is 8.32. The van der Waals surface area contributed by atoms with Crippen molar-refractivity contribution in [2.45, 2.75) is 58.0 Å². The van der Waals surface area contributed by atoms with Gasteiger partial charge in [0.05, 0.1) is 19.3 Å². The molecule has 0 fully saturated rings. The molecule has 1 aromatic carbocycles. The Bertz CT molecular complexity index is 549. The van der Waals surface area contributed by atoms with Crippen LogP contribution < -0.4 is 5.32 Å². The van der Waals surface area contributed by atoms with Gasteiger partial charge in [0.15, 0.2) is 8.32 Å². The van der Waals surface area contributed by atoms with Crippen molar-refractivity contribution in [3.05, 3.63) is 48.0 Å². The molecule has 0 bridgehead atoms. The highest BCUT2D eigenvalue weighted by atomic mass is 28.4. The fourth-order valence-electron chi connectivity index (χ4n) is 2.11. The van der Waals surface area contributed by atoms with Crippen LogP contribution >= 0.6 is 0 Å². The lowest BCUT2D eigenvalue weighted by molar-refractivity contribution is 0.133. The van der Waals surface area contributed by atoms with E-state index in [1.54, 1.807) is 0 Å². The maximum absolute atomic E-state index is 11.8. The van der Waals surface area contributed by atoms with Crippen LogP contribution in [-0.4, -0.2) is 27.6 Å². The van der Waals surface area contributed by atoms with Gasteiger partial charge in [0, 0.05) is 0 Å². The van der Waals surface area contributed by atoms with E-state index in [-0.39, 0.29) is 17.2 Å². The number of hydrogen-bond donors (Lipinski definition) is 1. The summed E-state index contributed by atoms with van der Waals surface area (Å²) < 4.78 is 11.4. The van der Waals surface area contributed by atoms with Crippen molar-refractivity contribution in [2.24, 2.45) is 0 Å². The molecule has 0 spiro atoms. The molecule has 0 heterocycles. The SMILES string of the molecule is C/C=C/[C@H](NC(=O)OC)[C@H](O[Si](C)(C)C(C)(C)C)c1ccccc1. The van der Waals surface area contributed by atoms with Gasteiger partial charge in [-0.2, -0.15) is 0 Å². The number of rotatable bonds is 6. The summed E-state index contributed by atoms with van der Waals surface area (Å²) in [6.45, 7) is 13.0. The highest BCUT2D eigenvalue weighted by Gasteiger charge is 2.41. The first-order chi connectivity index (χ1) is 11.1. The van der Waals surface area contributed by atoms with Crippen molar-refractivity contribution in [3.8, 4) is 0 Å². The van der Waals surface area contributed by atoms with Gasteiger partial charge >= 0.3 is 6.09 Å². The van der Waals surface area contributed by atoms with Crippen molar-refractivity contribution < 1.29 is 14.0 Å². The fraction of sp³-hybridized carbons (Fsp3) is 0.526. The van der Waals surface area contributed by atoms with Gasteiger partial charge in [-0.1, -0.05) is 63.3 Å². The summed E-state index contributed by atoms with van der Waals surface area (Å²) in [5.74, 6) is 0. The zero-order valence-electron chi connectivity index (χ0n) is 15.9. The monoisotopic (exact) mass is 349 g/mol. The van der Waals surface area contributed by atoms with E-state index < -0.39 is 14.4 Å². The summed E-state index contributed by atoms with van der Waals surface area (Å²) in [6.07, 6.45) is 3.15. The van der Waals surface area contributed by atoms with Crippen LogP contribution in [-0.2, 0) is 9.16 Å². The summed E-state index contributed by atoms with van der Waals surface area (Å²) in [5.41, 5.74) is 1.04. The van der Waals surface area contributed by atoms with Crippen molar-refractivity contribution in [3.63, 3.8) is 0 Å². The Morgan fingerprint density at radius 1 is 1.21 bits per heavy atom. The number of ether oxygens (including phenoxy) is 1. The van der Waals surface area contributed by atoms with Crippen LogP contribution in [0.2, 0.25) is 18.1 Å². The minimum Gasteiger partial charge on any atom is -0.453 e. The van der Waals surface area contributed by atoms with Crippen molar-refractivity contribution in [2.75, 3.05) is 7.11 Å². The van der Waals surface area contributed by atoms with Crippen molar-refractivity contribution in [1.82, 2.24) is 5.32 Å². The van der Waals surface area contributed by atoms with E-state index in [1.165, 1.54) is 7.11 Å². The quantitative estimate of drug-likeness (QED) is 0.577. The Hall–Kier alpha value is -1.59. The summed E-state index contributed by atoms with van der Waals surface area (Å²) in [4.78, 5) is 11.8. The zero-order chi connectivity index (χ0) is 18.4. The zero-order valence-corrected chi connectivity index (χ0v) is 16.9. The molecule has 24 heavy (non-hydrogen) atoms. The van der Waals surface area contributed by atoms with Crippen LogP contribution in [0.5, 0.6) is 0 Å². The minimum absolute atomic E-state index is 0.0752. The fourth-order valence-corrected chi connectivity index (χ4v) is 3.38. The normalized spacial score (nSPS) is 15.1. The van der Waals surface area contributed by atoms with Gasteiger partial charge in [-0.05, 0) is 30.6 Å². The molecule has 0 aliphatic carbocycles. The molecule has 0 aliphatic heterocycles. The van der Waals surface area contributed by atoms with E-state index >= 15 is 0 Å². The highest BCUT2D eigenvalue weighted by molar-refractivity contribution is 6.74. The Morgan fingerprint density at radius 2 is 1.79 bits per heavy atom. The standard InChI is InChI=1S/C19H31NO3Si/c1-8-12-16(20-18(21)22-5)17(15-13-10-9-11-14-15)23-24(6,7)19(2,3)4/h8-14,16-17H,1-7H3,(H,20,21)/b12-8+/t16-,17+/m0/s1. The van der Waals surface area contributed by atoms with Gasteiger partial charge in [-0.25, -0.2) is 4.79 Å². The van der Waals surface area contributed by atoms with Gasteiger partial charge in [0.25, 0.3) is 0 Å². The van der Waals surface area contributed by atoms with Crippen LogP contribution in [0.4, 0.5) is 4.79 Å². The third kappa shape index (κ3) is 5.49. The number of carbonyl (C=O) groups is 1. The lowest BCUT2D eigenvalue weighted by Gasteiger charge is -2.41. The molecular weight excluding hydrogens is 318 g/mol. The van der Waals surface area contributed by atoms with E-state index in [9.17, 15) is 4.79 Å². The summed E-state index contributed by atoms with van der Waals surface area (Å²) in [5, 5.41) is 2.96. The third-order valence-electron chi connectivity index (χ3n) is 4.55. The van der Waals surface area contributed by atoms with Gasteiger partial charge < -0.3 is 14.5 Å². The molecule has 0 aliphatic rings. The van der Waals surface area contributed by atoms with Crippen LogP contribution in [0.15, 0.2) is 42.5 Å². The average molecular weight is 350 g/mol. The number of methoxy groups -OCH3 is 1. The molecule has 0 unspecified atom stereocenters. The second-order valence-corrected chi connectivity index (χ2v) is 12.2. The maximum Gasteiger partial charge on any atom is 0.407 e. The molecule has 4 nitrogen and oxygen atoms in total. The first-order valence-corrected chi connectivity index (χ1v) is 11.2. The maximum atomic E-state index is 11.8. The predicted octanol–water partition coefficient (Wildman–Crippen LogP) is 5.05. The Labute approximate surface area is 147 Å².